The highest BCUT2D eigenvalue weighted by Gasteiger charge is 1.93. The van der Waals surface area contributed by atoms with E-state index in [-0.39, 0.29) is 0 Å². The summed E-state index contributed by atoms with van der Waals surface area (Å²) in [5, 5.41) is 5.95. The van der Waals surface area contributed by atoms with Crippen molar-refractivity contribution in [1.82, 2.24) is 10.6 Å². The maximum atomic E-state index is 4.86. The molecule has 8 heteroatoms. The summed E-state index contributed by atoms with van der Waals surface area (Å²) in [5.74, 6) is 0. The SMILES string of the molecule is S=C(NCCNC(=S)SS)SS. The van der Waals surface area contributed by atoms with Gasteiger partial charge in [-0.25, -0.2) is 0 Å². The molecule has 0 fully saturated rings. The predicted molar refractivity (Wildman–Crippen MR) is 74.4 cm³/mol. The van der Waals surface area contributed by atoms with Crippen molar-refractivity contribution in [1.29, 1.82) is 0 Å². The molecule has 0 bridgehead atoms. The number of rotatable bonds is 3. The van der Waals surface area contributed by atoms with E-state index in [1.165, 1.54) is 21.6 Å². The number of thiocarbonyl (C=S) groups is 2. The first kappa shape index (κ1) is 13.2. The standard InChI is InChI=1S/C4H8N2S6/c7-3(11-9)5-1-2-6-4(8)12-10/h9-10H,1-2H2,(H,5,7)(H,6,8). The fourth-order valence-electron chi connectivity index (χ4n) is 0.394. The normalized spacial score (nSPS) is 9.17. The first-order chi connectivity index (χ1) is 5.70. The lowest BCUT2D eigenvalue weighted by atomic mass is 10.6. The predicted octanol–water partition coefficient (Wildman–Crippen LogP) is 1.89. The van der Waals surface area contributed by atoms with Crippen LogP contribution < -0.4 is 10.6 Å². The van der Waals surface area contributed by atoms with Gasteiger partial charge in [0.15, 0.2) is 0 Å². The Morgan fingerprint density at radius 1 is 1.00 bits per heavy atom. The summed E-state index contributed by atoms with van der Waals surface area (Å²) >= 11 is 17.6. The van der Waals surface area contributed by atoms with Gasteiger partial charge in [-0.3, -0.25) is 0 Å². The van der Waals surface area contributed by atoms with Crippen LogP contribution in [0.3, 0.4) is 0 Å². The second kappa shape index (κ2) is 8.76. The zero-order valence-corrected chi connectivity index (χ0v) is 11.0. The lowest BCUT2D eigenvalue weighted by Crippen LogP contribution is -2.30. The Bertz CT molecular complexity index is 142. The van der Waals surface area contributed by atoms with Crippen molar-refractivity contribution in [2.45, 2.75) is 0 Å². The molecule has 0 aromatic rings. The molecular weight excluding hydrogens is 268 g/mol. The fraction of sp³-hybridized carbons (Fsp3) is 0.500. The number of hydrogen-bond donors (Lipinski definition) is 4. The summed E-state index contributed by atoms with van der Waals surface area (Å²) in [6.07, 6.45) is 0. The molecule has 0 aliphatic heterocycles. The van der Waals surface area contributed by atoms with Crippen LogP contribution in [0.1, 0.15) is 0 Å². The Morgan fingerprint density at radius 3 is 1.58 bits per heavy atom. The van der Waals surface area contributed by atoms with Crippen molar-refractivity contribution in [2.75, 3.05) is 13.1 Å². The van der Waals surface area contributed by atoms with Gasteiger partial charge in [0.2, 0.25) is 0 Å². The molecule has 2 nitrogen and oxygen atoms in total. The van der Waals surface area contributed by atoms with Crippen LogP contribution in [0.5, 0.6) is 0 Å². The van der Waals surface area contributed by atoms with Gasteiger partial charge in [-0.1, -0.05) is 24.4 Å². The first-order valence-electron chi connectivity index (χ1n) is 2.89. The first-order valence-corrected chi connectivity index (χ1v) is 7.44. The van der Waals surface area contributed by atoms with Crippen molar-refractivity contribution in [3.63, 3.8) is 0 Å². The number of hydrogen-bond acceptors (Lipinski definition) is 6. The minimum atomic E-state index is 0.671. The molecule has 0 aliphatic carbocycles. The molecule has 0 spiro atoms. The van der Waals surface area contributed by atoms with Crippen LogP contribution in [0.25, 0.3) is 0 Å². The van der Waals surface area contributed by atoms with Crippen LogP contribution in [-0.2, 0) is 0 Å². The van der Waals surface area contributed by atoms with E-state index in [1.807, 2.05) is 0 Å². The van der Waals surface area contributed by atoms with Crippen molar-refractivity contribution in [3.05, 3.63) is 0 Å². The Hall–Kier alpha value is 1.18. The Morgan fingerprint density at radius 2 is 1.33 bits per heavy atom. The monoisotopic (exact) mass is 276 g/mol. The quantitative estimate of drug-likeness (QED) is 0.272. The highest BCUT2D eigenvalue weighted by molar-refractivity contribution is 8.77. The van der Waals surface area contributed by atoms with Crippen molar-refractivity contribution < 1.29 is 0 Å². The minimum absolute atomic E-state index is 0.671. The van der Waals surface area contributed by atoms with E-state index in [9.17, 15) is 0 Å². The van der Waals surface area contributed by atoms with Crippen molar-refractivity contribution in [2.24, 2.45) is 0 Å². The molecule has 0 radical (unpaired) electrons. The zero-order valence-electron chi connectivity index (χ0n) is 5.94. The molecule has 2 N–H and O–H groups in total. The van der Waals surface area contributed by atoms with Gasteiger partial charge < -0.3 is 10.6 Å². The molecule has 0 heterocycles. The van der Waals surface area contributed by atoms with Crippen molar-refractivity contribution in [3.8, 4) is 0 Å². The van der Waals surface area contributed by atoms with Crippen LogP contribution in [-0.4, -0.2) is 21.7 Å². The highest BCUT2D eigenvalue weighted by Crippen LogP contribution is 2.06. The molecule has 0 aromatic heterocycles. The molecule has 0 amide bonds. The lowest BCUT2D eigenvalue weighted by Gasteiger charge is -2.06. The summed E-state index contributed by atoms with van der Waals surface area (Å²) in [4.78, 5) is 0. The molecule has 0 saturated heterocycles. The van der Waals surface area contributed by atoms with E-state index in [4.69, 9.17) is 24.4 Å². The van der Waals surface area contributed by atoms with Gasteiger partial charge in [0.25, 0.3) is 0 Å². The molecule has 12 heavy (non-hydrogen) atoms. The highest BCUT2D eigenvalue weighted by atomic mass is 33.1. The van der Waals surface area contributed by atoms with Gasteiger partial charge >= 0.3 is 0 Å². The van der Waals surface area contributed by atoms with Gasteiger partial charge in [-0.2, -0.15) is 0 Å². The third-order valence-corrected chi connectivity index (χ3v) is 4.08. The largest absolute Gasteiger partial charge is 0.369 e. The van der Waals surface area contributed by atoms with Gasteiger partial charge in [-0.05, 0) is 21.6 Å². The van der Waals surface area contributed by atoms with Gasteiger partial charge in [0.1, 0.15) is 8.64 Å². The van der Waals surface area contributed by atoms with E-state index in [2.05, 4.69) is 34.0 Å². The molecular formula is C4H8N2S6. The smallest absolute Gasteiger partial charge is 0.144 e. The molecule has 0 aliphatic rings. The van der Waals surface area contributed by atoms with Gasteiger partial charge in [0.05, 0.1) is 0 Å². The zero-order chi connectivity index (χ0) is 9.40. The Balaban J connectivity index is 3.21. The molecule has 0 atom stereocenters. The molecule has 0 rings (SSSR count). The third-order valence-electron chi connectivity index (χ3n) is 0.829. The molecule has 0 unspecified atom stereocenters. The average Bonchev–Trinajstić information content (AvgIpc) is 2.11. The average molecular weight is 277 g/mol. The Kier molecular flexibility index (Phi) is 9.63. The number of thiol groups is 2. The van der Waals surface area contributed by atoms with E-state index < -0.39 is 0 Å². The van der Waals surface area contributed by atoms with E-state index in [1.54, 1.807) is 0 Å². The second-order valence-corrected chi connectivity index (χ2v) is 5.22. The summed E-state index contributed by atoms with van der Waals surface area (Å²) in [6, 6.07) is 0. The summed E-state index contributed by atoms with van der Waals surface area (Å²) in [6.45, 7) is 1.47. The van der Waals surface area contributed by atoms with E-state index in [0.29, 0.717) is 8.64 Å². The molecule has 0 saturated carbocycles. The fourth-order valence-corrected chi connectivity index (χ4v) is 1.32. The minimum Gasteiger partial charge on any atom is -0.369 e. The third kappa shape index (κ3) is 7.81. The van der Waals surface area contributed by atoms with Crippen molar-refractivity contribution >= 4 is 78.0 Å². The maximum Gasteiger partial charge on any atom is 0.144 e. The lowest BCUT2D eigenvalue weighted by molar-refractivity contribution is 0.834. The van der Waals surface area contributed by atoms with E-state index >= 15 is 0 Å². The van der Waals surface area contributed by atoms with Crippen LogP contribution in [0.4, 0.5) is 0 Å². The number of nitrogens with one attached hydrogen (secondary N) is 2. The van der Waals surface area contributed by atoms with Crippen LogP contribution >= 0.6 is 69.3 Å². The second-order valence-electron chi connectivity index (χ2n) is 1.61. The summed E-state index contributed by atoms with van der Waals surface area (Å²) in [5.41, 5.74) is 0. The summed E-state index contributed by atoms with van der Waals surface area (Å²) in [7, 11) is 2.45. The van der Waals surface area contributed by atoms with Crippen LogP contribution in [0.2, 0.25) is 0 Å². The van der Waals surface area contributed by atoms with Gasteiger partial charge in [-0.15, -0.1) is 23.3 Å². The molecule has 0 aromatic carbocycles. The van der Waals surface area contributed by atoms with E-state index in [0.717, 1.165) is 13.1 Å². The Labute approximate surface area is 101 Å². The van der Waals surface area contributed by atoms with Crippen LogP contribution in [0, 0.1) is 0 Å². The van der Waals surface area contributed by atoms with Gasteiger partial charge in [0, 0.05) is 13.1 Å². The van der Waals surface area contributed by atoms with Crippen LogP contribution in [0.15, 0.2) is 0 Å². The molecule has 70 valence electrons. The maximum absolute atomic E-state index is 4.86. The topological polar surface area (TPSA) is 24.1 Å². The summed E-state index contributed by atoms with van der Waals surface area (Å²) < 4.78 is 1.34.